The maximum atomic E-state index is 11.3. The Morgan fingerprint density at radius 2 is 2.17 bits per heavy atom. The molecule has 0 radical (unpaired) electrons. The number of hydrogen-bond donors (Lipinski definition) is 1. The Kier molecular flexibility index (Phi) is 3.68. The van der Waals surface area contributed by atoms with E-state index >= 15 is 0 Å². The van der Waals surface area contributed by atoms with Crippen LogP contribution >= 0.6 is 0 Å². The van der Waals surface area contributed by atoms with E-state index in [1.54, 1.807) is 13.8 Å². The smallest absolute Gasteiger partial charge is 0.211 e. The Labute approximate surface area is 106 Å². The predicted octanol–water partition coefficient (Wildman–Crippen LogP) is 1.62. The van der Waals surface area contributed by atoms with Gasteiger partial charge in [0.05, 0.1) is 5.75 Å². The van der Waals surface area contributed by atoms with Gasteiger partial charge in [-0.1, -0.05) is 6.07 Å². The summed E-state index contributed by atoms with van der Waals surface area (Å²) in [6, 6.07) is 5.72. The molecule has 2 rings (SSSR count). The van der Waals surface area contributed by atoms with E-state index in [1.165, 1.54) is 0 Å². The number of rotatable bonds is 5. The van der Waals surface area contributed by atoms with Gasteiger partial charge in [0.25, 0.3) is 0 Å². The third-order valence-electron chi connectivity index (χ3n) is 2.68. The van der Waals surface area contributed by atoms with Crippen molar-refractivity contribution in [1.29, 1.82) is 0 Å². The van der Waals surface area contributed by atoms with Crippen molar-refractivity contribution in [2.45, 2.75) is 20.3 Å². The Balaban J connectivity index is 2.04. The molecule has 0 bridgehead atoms. The van der Waals surface area contributed by atoms with E-state index in [1.807, 2.05) is 18.2 Å². The number of nitrogens with one attached hydrogen (secondary N) is 1. The summed E-state index contributed by atoms with van der Waals surface area (Å²) >= 11 is 0. The first-order chi connectivity index (χ1) is 8.50. The largest absolute Gasteiger partial charge is 0.441 e. The van der Waals surface area contributed by atoms with Gasteiger partial charge in [0.15, 0.2) is 11.5 Å². The minimum absolute atomic E-state index is 0.104. The molecule has 6 heteroatoms. The lowest BCUT2D eigenvalue weighted by Crippen LogP contribution is -2.27. The van der Waals surface area contributed by atoms with Crippen LogP contribution in [0.2, 0.25) is 0 Å². The van der Waals surface area contributed by atoms with Crippen molar-refractivity contribution in [2.24, 2.45) is 0 Å². The second-order valence-electron chi connectivity index (χ2n) is 4.08. The van der Waals surface area contributed by atoms with E-state index < -0.39 is 10.0 Å². The lowest BCUT2D eigenvalue weighted by molar-refractivity contribution is 0.560. The molecule has 0 saturated carbocycles. The number of sulfonamides is 1. The van der Waals surface area contributed by atoms with Crippen molar-refractivity contribution in [3.8, 4) is 0 Å². The van der Waals surface area contributed by atoms with Gasteiger partial charge in [-0.2, -0.15) is 0 Å². The summed E-state index contributed by atoms with van der Waals surface area (Å²) in [5.41, 5.74) is 2.59. The highest BCUT2D eigenvalue weighted by atomic mass is 32.2. The molecule has 2 aromatic rings. The molecule has 5 nitrogen and oxygen atoms in total. The normalized spacial score (nSPS) is 12.1. The molecule has 0 aliphatic rings. The van der Waals surface area contributed by atoms with Gasteiger partial charge in [-0.25, -0.2) is 18.1 Å². The molecule has 1 aromatic heterocycles. The molecular formula is C12H16N2O3S. The highest BCUT2D eigenvalue weighted by Gasteiger charge is 2.06. The Morgan fingerprint density at radius 3 is 2.89 bits per heavy atom. The van der Waals surface area contributed by atoms with Gasteiger partial charge in [0.2, 0.25) is 10.0 Å². The third-order valence-corrected chi connectivity index (χ3v) is 4.08. The number of benzene rings is 1. The zero-order valence-corrected chi connectivity index (χ0v) is 11.3. The van der Waals surface area contributed by atoms with Gasteiger partial charge in [0.1, 0.15) is 5.52 Å². The quantitative estimate of drug-likeness (QED) is 0.894. The molecule has 18 heavy (non-hydrogen) atoms. The fourth-order valence-electron chi connectivity index (χ4n) is 1.69. The van der Waals surface area contributed by atoms with E-state index in [2.05, 4.69) is 9.71 Å². The van der Waals surface area contributed by atoms with E-state index in [-0.39, 0.29) is 5.75 Å². The summed E-state index contributed by atoms with van der Waals surface area (Å²) in [6.07, 6.45) is 0.634. The molecule has 0 spiro atoms. The fourth-order valence-corrected chi connectivity index (χ4v) is 2.31. The number of fused-ring (bicyclic) bond motifs is 1. The van der Waals surface area contributed by atoms with E-state index in [4.69, 9.17) is 4.42 Å². The highest BCUT2D eigenvalue weighted by molar-refractivity contribution is 7.89. The Hall–Kier alpha value is -1.40. The average molecular weight is 268 g/mol. The molecule has 0 aliphatic heterocycles. The minimum atomic E-state index is -3.11. The van der Waals surface area contributed by atoms with Crippen molar-refractivity contribution in [3.05, 3.63) is 29.7 Å². The van der Waals surface area contributed by atoms with Crippen LogP contribution in [0.15, 0.2) is 22.6 Å². The first kappa shape index (κ1) is 13.0. The second kappa shape index (κ2) is 5.07. The number of nitrogens with zero attached hydrogens (tertiary/aromatic N) is 1. The van der Waals surface area contributed by atoms with Crippen LogP contribution in [0.1, 0.15) is 18.4 Å². The molecular weight excluding hydrogens is 252 g/mol. The monoisotopic (exact) mass is 268 g/mol. The van der Waals surface area contributed by atoms with Gasteiger partial charge in [-0.3, -0.25) is 0 Å². The zero-order chi connectivity index (χ0) is 13.2. The summed E-state index contributed by atoms with van der Waals surface area (Å²) in [4.78, 5) is 4.21. The van der Waals surface area contributed by atoms with Gasteiger partial charge >= 0.3 is 0 Å². The first-order valence-corrected chi connectivity index (χ1v) is 7.49. The topological polar surface area (TPSA) is 72.2 Å². The van der Waals surface area contributed by atoms with E-state index in [0.717, 1.165) is 16.7 Å². The van der Waals surface area contributed by atoms with Crippen LogP contribution in [0.5, 0.6) is 0 Å². The third kappa shape index (κ3) is 3.08. The molecule has 1 aromatic carbocycles. The minimum Gasteiger partial charge on any atom is -0.441 e. The number of hydrogen-bond acceptors (Lipinski definition) is 4. The summed E-state index contributed by atoms with van der Waals surface area (Å²) in [7, 11) is -3.11. The van der Waals surface area contributed by atoms with Gasteiger partial charge < -0.3 is 4.42 Å². The first-order valence-electron chi connectivity index (χ1n) is 5.83. The van der Waals surface area contributed by atoms with Crippen LogP contribution < -0.4 is 4.72 Å². The lowest BCUT2D eigenvalue weighted by atomic mass is 10.1. The van der Waals surface area contributed by atoms with Crippen LogP contribution in [0.3, 0.4) is 0 Å². The highest BCUT2D eigenvalue weighted by Crippen LogP contribution is 2.16. The van der Waals surface area contributed by atoms with Crippen molar-refractivity contribution in [2.75, 3.05) is 12.3 Å². The standard InChI is InChI=1S/C12H16N2O3S/c1-3-18(15,16)13-7-6-10-4-5-11-12(8-10)17-9(2)14-11/h4-5,8,13H,3,6-7H2,1-2H3. The lowest BCUT2D eigenvalue weighted by Gasteiger charge is -2.04. The predicted molar refractivity (Wildman–Crippen MR) is 69.9 cm³/mol. The van der Waals surface area contributed by atoms with E-state index in [9.17, 15) is 8.42 Å². The maximum absolute atomic E-state index is 11.3. The summed E-state index contributed by atoms with van der Waals surface area (Å²) in [5.74, 6) is 0.738. The number of aryl methyl sites for hydroxylation is 1. The molecule has 98 valence electrons. The maximum Gasteiger partial charge on any atom is 0.211 e. The van der Waals surface area contributed by atoms with Crippen molar-refractivity contribution < 1.29 is 12.8 Å². The second-order valence-corrected chi connectivity index (χ2v) is 6.18. The SMILES string of the molecule is CCS(=O)(=O)NCCc1ccc2nc(C)oc2c1. The van der Waals surface area contributed by atoms with Gasteiger partial charge in [0, 0.05) is 13.5 Å². The molecule has 0 saturated heterocycles. The van der Waals surface area contributed by atoms with Crippen LogP contribution in [0, 0.1) is 6.92 Å². The molecule has 0 aliphatic carbocycles. The molecule has 0 unspecified atom stereocenters. The van der Waals surface area contributed by atoms with Crippen LogP contribution in [-0.4, -0.2) is 25.7 Å². The molecule has 1 N–H and O–H groups in total. The van der Waals surface area contributed by atoms with Gasteiger partial charge in [-0.15, -0.1) is 0 Å². The summed E-state index contributed by atoms with van der Waals surface area (Å²) in [6.45, 7) is 3.82. The van der Waals surface area contributed by atoms with Crippen LogP contribution in [0.4, 0.5) is 0 Å². The van der Waals surface area contributed by atoms with Crippen molar-refractivity contribution in [1.82, 2.24) is 9.71 Å². The zero-order valence-electron chi connectivity index (χ0n) is 10.4. The molecule has 0 atom stereocenters. The fraction of sp³-hybridized carbons (Fsp3) is 0.417. The average Bonchev–Trinajstić information content (AvgIpc) is 2.68. The Morgan fingerprint density at radius 1 is 1.39 bits per heavy atom. The van der Waals surface area contributed by atoms with Gasteiger partial charge in [-0.05, 0) is 31.0 Å². The number of oxazole rings is 1. The van der Waals surface area contributed by atoms with Crippen molar-refractivity contribution in [3.63, 3.8) is 0 Å². The molecule has 1 heterocycles. The Bertz CT molecular complexity index is 646. The van der Waals surface area contributed by atoms with Crippen LogP contribution in [-0.2, 0) is 16.4 Å². The molecule has 0 amide bonds. The molecule has 0 fully saturated rings. The summed E-state index contributed by atoms with van der Waals surface area (Å²) in [5, 5.41) is 0. The number of aromatic nitrogens is 1. The van der Waals surface area contributed by atoms with Crippen molar-refractivity contribution >= 4 is 21.1 Å². The summed E-state index contributed by atoms with van der Waals surface area (Å²) < 4.78 is 30.5. The van der Waals surface area contributed by atoms with Crippen LogP contribution in [0.25, 0.3) is 11.1 Å². The van der Waals surface area contributed by atoms with E-state index in [0.29, 0.717) is 18.9 Å².